The molecule has 0 bridgehead atoms. The molecule has 3 rings (SSSR count). The minimum atomic E-state index is 0.636. The van der Waals surface area contributed by atoms with Crippen molar-refractivity contribution in [1.82, 2.24) is 19.7 Å². The third kappa shape index (κ3) is 3.28. The van der Waals surface area contributed by atoms with Gasteiger partial charge in [0.25, 0.3) is 0 Å². The molecular weight excluding hydrogens is 282 g/mol. The van der Waals surface area contributed by atoms with Crippen LogP contribution in [-0.2, 0) is 6.42 Å². The van der Waals surface area contributed by atoms with Gasteiger partial charge in [-0.3, -0.25) is 0 Å². The molecule has 0 atom stereocenters. The standard InChI is InChI=1S/C15H17N5S/c1-11-10-12(2)20(19-11)14-6-8-17-15(18-14)16-7-5-13-4-3-9-21-13/h3-4,6,8-10H,5,7H2,1-2H3,(H,16,17,18). The summed E-state index contributed by atoms with van der Waals surface area (Å²) in [6.07, 6.45) is 2.73. The van der Waals surface area contributed by atoms with Crippen LogP contribution in [0.25, 0.3) is 5.82 Å². The van der Waals surface area contributed by atoms with Crippen molar-refractivity contribution in [1.29, 1.82) is 0 Å². The van der Waals surface area contributed by atoms with E-state index in [4.69, 9.17) is 0 Å². The minimum absolute atomic E-state index is 0.636. The van der Waals surface area contributed by atoms with E-state index in [0.29, 0.717) is 5.95 Å². The van der Waals surface area contributed by atoms with Gasteiger partial charge in [-0.2, -0.15) is 10.1 Å². The summed E-state index contributed by atoms with van der Waals surface area (Å²) in [6, 6.07) is 8.11. The maximum Gasteiger partial charge on any atom is 0.224 e. The molecule has 0 radical (unpaired) electrons. The van der Waals surface area contributed by atoms with Gasteiger partial charge < -0.3 is 5.32 Å². The SMILES string of the molecule is Cc1cc(C)n(-c2ccnc(NCCc3cccs3)n2)n1. The Balaban J connectivity index is 1.70. The van der Waals surface area contributed by atoms with Crippen LogP contribution in [0.5, 0.6) is 0 Å². The lowest BCUT2D eigenvalue weighted by molar-refractivity contribution is 0.800. The van der Waals surface area contributed by atoms with Crippen LogP contribution in [0.4, 0.5) is 5.95 Å². The van der Waals surface area contributed by atoms with E-state index in [1.165, 1.54) is 4.88 Å². The Morgan fingerprint density at radius 3 is 2.90 bits per heavy atom. The predicted molar refractivity (Wildman–Crippen MR) is 85.1 cm³/mol. The first-order chi connectivity index (χ1) is 10.2. The summed E-state index contributed by atoms with van der Waals surface area (Å²) in [6.45, 7) is 4.82. The van der Waals surface area contributed by atoms with E-state index in [1.807, 2.05) is 30.7 Å². The molecular formula is C15H17N5S. The number of aromatic nitrogens is 4. The van der Waals surface area contributed by atoms with E-state index >= 15 is 0 Å². The van der Waals surface area contributed by atoms with Crippen molar-refractivity contribution < 1.29 is 0 Å². The highest BCUT2D eigenvalue weighted by Crippen LogP contribution is 2.12. The third-order valence-electron chi connectivity index (χ3n) is 3.10. The Hall–Kier alpha value is -2.21. The summed E-state index contributed by atoms with van der Waals surface area (Å²) < 4.78 is 1.83. The topological polar surface area (TPSA) is 55.6 Å². The number of hydrogen-bond donors (Lipinski definition) is 1. The molecule has 0 aliphatic heterocycles. The number of aryl methyl sites for hydroxylation is 2. The highest BCUT2D eigenvalue weighted by atomic mass is 32.1. The number of hydrogen-bond acceptors (Lipinski definition) is 5. The Bertz CT molecular complexity index is 718. The summed E-state index contributed by atoms with van der Waals surface area (Å²) in [5.74, 6) is 1.42. The summed E-state index contributed by atoms with van der Waals surface area (Å²) >= 11 is 1.77. The van der Waals surface area contributed by atoms with Gasteiger partial charge in [-0.05, 0) is 37.8 Å². The van der Waals surface area contributed by atoms with Crippen molar-refractivity contribution in [3.8, 4) is 5.82 Å². The van der Waals surface area contributed by atoms with E-state index in [9.17, 15) is 0 Å². The third-order valence-corrected chi connectivity index (χ3v) is 4.04. The molecule has 0 saturated heterocycles. The first kappa shape index (κ1) is 13.8. The molecule has 3 aromatic rings. The molecule has 3 heterocycles. The van der Waals surface area contributed by atoms with Crippen LogP contribution in [0.3, 0.4) is 0 Å². The van der Waals surface area contributed by atoms with Crippen LogP contribution in [-0.4, -0.2) is 26.3 Å². The Kier molecular flexibility index (Phi) is 3.96. The summed E-state index contributed by atoms with van der Waals surface area (Å²) in [5.41, 5.74) is 2.05. The molecule has 0 fully saturated rings. The predicted octanol–water partition coefficient (Wildman–Crippen LogP) is 3.00. The summed E-state index contributed by atoms with van der Waals surface area (Å²) in [5, 5.41) is 9.80. The lowest BCUT2D eigenvalue weighted by Gasteiger charge is -2.07. The number of nitrogens with zero attached hydrogens (tertiary/aromatic N) is 4. The van der Waals surface area contributed by atoms with Gasteiger partial charge in [-0.25, -0.2) is 9.67 Å². The molecule has 1 N–H and O–H groups in total. The zero-order valence-electron chi connectivity index (χ0n) is 12.1. The highest BCUT2D eigenvalue weighted by molar-refractivity contribution is 7.09. The molecule has 108 valence electrons. The van der Waals surface area contributed by atoms with E-state index in [0.717, 1.165) is 30.2 Å². The van der Waals surface area contributed by atoms with Crippen LogP contribution in [0.1, 0.15) is 16.3 Å². The molecule has 0 amide bonds. The molecule has 5 nitrogen and oxygen atoms in total. The van der Waals surface area contributed by atoms with Crippen LogP contribution >= 0.6 is 11.3 Å². The number of thiophene rings is 1. The molecule has 21 heavy (non-hydrogen) atoms. The van der Waals surface area contributed by atoms with Crippen molar-refractivity contribution in [3.05, 3.63) is 52.1 Å². The molecule has 0 aliphatic rings. The fourth-order valence-corrected chi connectivity index (χ4v) is 2.87. The van der Waals surface area contributed by atoms with Gasteiger partial charge in [0.15, 0.2) is 5.82 Å². The van der Waals surface area contributed by atoms with Crippen LogP contribution in [0.15, 0.2) is 35.8 Å². The van der Waals surface area contributed by atoms with E-state index < -0.39 is 0 Å². The normalized spacial score (nSPS) is 10.8. The second-order valence-corrected chi connectivity index (χ2v) is 5.87. The molecule has 6 heteroatoms. The Morgan fingerprint density at radius 2 is 2.19 bits per heavy atom. The Morgan fingerprint density at radius 1 is 1.29 bits per heavy atom. The average Bonchev–Trinajstić information content (AvgIpc) is 3.09. The minimum Gasteiger partial charge on any atom is -0.354 e. The van der Waals surface area contributed by atoms with Gasteiger partial charge in [0.05, 0.1) is 5.69 Å². The monoisotopic (exact) mass is 299 g/mol. The molecule has 0 spiro atoms. The quantitative estimate of drug-likeness (QED) is 0.787. The van der Waals surface area contributed by atoms with Gasteiger partial charge in [0.2, 0.25) is 5.95 Å². The Labute approximate surface area is 127 Å². The first-order valence-corrected chi connectivity index (χ1v) is 7.73. The van der Waals surface area contributed by atoms with Crippen molar-refractivity contribution in [3.63, 3.8) is 0 Å². The van der Waals surface area contributed by atoms with Crippen LogP contribution < -0.4 is 5.32 Å². The van der Waals surface area contributed by atoms with E-state index in [2.05, 4.69) is 37.9 Å². The second kappa shape index (κ2) is 6.05. The van der Waals surface area contributed by atoms with Crippen molar-refractivity contribution in [2.45, 2.75) is 20.3 Å². The van der Waals surface area contributed by atoms with Gasteiger partial charge in [0.1, 0.15) is 0 Å². The fourth-order valence-electron chi connectivity index (χ4n) is 2.17. The van der Waals surface area contributed by atoms with Crippen LogP contribution in [0.2, 0.25) is 0 Å². The maximum absolute atomic E-state index is 4.52. The molecule has 0 aromatic carbocycles. The highest BCUT2D eigenvalue weighted by Gasteiger charge is 2.06. The lowest BCUT2D eigenvalue weighted by Crippen LogP contribution is -2.10. The van der Waals surface area contributed by atoms with Crippen LogP contribution in [0, 0.1) is 13.8 Å². The van der Waals surface area contributed by atoms with Gasteiger partial charge in [-0.15, -0.1) is 11.3 Å². The zero-order valence-corrected chi connectivity index (χ0v) is 12.9. The van der Waals surface area contributed by atoms with Gasteiger partial charge in [-0.1, -0.05) is 6.07 Å². The van der Waals surface area contributed by atoms with Gasteiger partial charge >= 0.3 is 0 Å². The smallest absolute Gasteiger partial charge is 0.224 e. The van der Waals surface area contributed by atoms with E-state index in [-0.39, 0.29) is 0 Å². The molecule has 0 aliphatic carbocycles. The molecule has 3 aromatic heterocycles. The maximum atomic E-state index is 4.52. The lowest BCUT2D eigenvalue weighted by atomic mass is 10.3. The van der Waals surface area contributed by atoms with Crippen molar-refractivity contribution in [2.75, 3.05) is 11.9 Å². The van der Waals surface area contributed by atoms with Gasteiger partial charge in [0, 0.05) is 29.4 Å². The molecule has 0 unspecified atom stereocenters. The number of nitrogens with one attached hydrogen (secondary N) is 1. The average molecular weight is 299 g/mol. The second-order valence-electron chi connectivity index (χ2n) is 4.83. The van der Waals surface area contributed by atoms with E-state index in [1.54, 1.807) is 17.5 Å². The first-order valence-electron chi connectivity index (χ1n) is 6.85. The number of rotatable bonds is 5. The summed E-state index contributed by atoms with van der Waals surface area (Å²) in [4.78, 5) is 10.1. The van der Waals surface area contributed by atoms with Crippen molar-refractivity contribution >= 4 is 17.3 Å². The largest absolute Gasteiger partial charge is 0.354 e. The fraction of sp³-hybridized carbons (Fsp3) is 0.267. The summed E-state index contributed by atoms with van der Waals surface area (Å²) in [7, 11) is 0. The number of anilines is 1. The molecule has 0 saturated carbocycles. The van der Waals surface area contributed by atoms with Crippen molar-refractivity contribution in [2.24, 2.45) is 0 Å². The zero-order chi connectivity index (χ0) is 14.7.